The second-order valence-electron chi connectivity index (χ2n) is 4.82. The highest BCUT2D eigenvalue weighted by molar-refractivity contribution is 7.89. The second-order valence-corrected chi connectivity index (χ2v) is 6.55. The van der Waals surface area contributed by atoms with E-state index in [4.69, 9.17) is 4.74 Å². The van der Waals surface area contributed by atoms with Crippen molar-refractivity contribution in [3.05, 3.63) is 18.3 Å². The molecule has 7 heteroatoms. The number of nitrogens with one attached hydrogen (secondary N) is 2. The Morgan fingerprint density at radius 2 is 2.30 bits per heavy atom. The maximum absolute atomic E-state index is 12.3. The molecule has 2 rings (SSSR count). The molecule has 2 heterocycles. The summed E-state index contributed by atoms with van der Waals surface area (Å²) in [5.74, 6) is 0.596. The average molecular weight is 299 g/mol. The Hall–Kier alpha value is -1.18. The lowest BCUT2D eigenvalue weighted by Gasteiger charge is -2.17. The number of anilines is 1. The first-order valence-corrected chi connectivity index (χ1v) is 8.31. The number of rotatable bonds is 6. The molecule has 0 radical (unpaired) electrons. The van der Waals surface area contributed by atoms with Gasteiger partial charge in [-0.2, -0.15) is 0 Å². The highest BCUT2D eigenvalue weighted by Gasteiger charge is 2.28. The van der Waals surface area contributed by atoms with Crippen LogP contribution in [0.4, 0.5) is 5.82 Å². The van der Waals surface area contributed by atoms with Gasteiger partial charge in [-0.3, -0.25) is 0 Å². The lowest BCUT2D eigenvalue weighted by molar-refractivity contribution is 0.0884. The summed E-state index contributed by atoms with van der Waals surface area (Å²) in [7, 11) is -1.90. The van der Waals surface area contributed by atoms with Crippen molar-refractivity contribution in [2.75, 3.05) is 25.5 Å². The fourth-order valence-corrected chi connectivity index (χ4v) is 3.72. The molecule has 0 bridgehead atoms. The van der Waals surface area contributed by atoms with Crippen LogP contribution in [0.5, 0.6) is 0 Å². The van der Waals surface area contributed by atoms with Gasteiger partial charge in [-0.05, 0) is 25.0 Å². The van der Waals surface area contributed by atoms with Crippen LogP contribution in [0.1, 0.15) is 19.8 Å². The number of hydrogen-bond acceptors (Lipinski definition) is 5. The zero-order chi connectivity index (χ0) is 14.6. The molecule has 0 aliphatic carbocycles. The minimum Gasteiger partial charge on any atom is -0.378 e. The van der Waals surface area contributed by atoms with Gasteiger partial charge in [0.05, 0.1) is 6.10 Å². The van der Waals surface area contributed by atoms with E-state index < -0.39 is 10.0 Å². The predicted octanol–water partition coefficient (Wildman–Crippen LogP) is 1.22. The van der Waals surface area contributed by atoms with E-state index in [0.717, 1.165) is 12.8 Å². The van der Waals surface area contributed by atoms with Gasteiger partial charge in [0.25, 0.3) is 0 Å². The Kier molecular flexibility index (Phi) is 4.95. The van der Waals surface area contributed by atoms with Crippen molar-refractivity contribution >= 4 is 15.8 Å². The topological polar surface area (TPSA) is 80.3 Å². The van der Waals surface area contributed by atoms with Gasteiger partial charge in [-0.1, -0.05) is 6.92 Å². The summed E-state index contributed by atoms with van der Waals surface area (Å²) in [6.45, 7) is 3.16. The molecule has 6 nitrogen and oxygen atoms in total. The van der Waals surface area contributed by atoms with Crippen molar-refractivity contribution in [1.82, 2.24) is 9.71 Å². The van der Waals surface area contributed by atoms with Crippen molar-refractivity contribution in [2.24, 2.45) is 5.92 Å². The Bertz CT molecular complexity index is 548. The number of pyridine rings is 1. The van der Waals surface area contributed by atoms with Crippen LogP contribution in [-0.2, 0) is 14.8 Å². The molecular formula is C13H21N3O3S. The fraction of sp³-hybridized carbons (Fsp3) is 0.615. The molecule has 2 atom stereocenters. The molecule has 1 saturated heterocycles. The third kappa shape index (κ3) is 3.28. The molecule has 1 aliphatic heterocycles. The summed E-state index contributed by atoms with van der Waals surface area (Å²) >= 11 is 0. The molecule has 0 spiro atoms. The lowest BCUT2D eigenvalue weighted by Crippen LogP contribution is -2.33. The van der Waals surface area contributed by atoms with Crippen LogP contribution >= 0.6 is 0 Å². The molecule has 1 fully saturated rings. The van der Waals surface area contributed by atoms with Crippen LogP contribution in [0.15, 0.2) is 23.2 Å². The van der Waals surface area contributed by atoms with Crippen molar-refractivity contribution in [2.45, 2.75) is 30.8 Å². The van der Waals surface area contributed by atoms with Gasteiger partial charge in [0.2, 0.25) is 10.0 Å². The molecule has 0 amide bonds. The first-order chi connectivity index (χ1) is 9.58. The van der Waals surface area contributed by atoms with Crippen LogP contribution in [0.2, 0.25) is 0 Å². The molecule has 2 unspecified atom stereocenters. The van der Waals surface area contributed by atoms with E-state index in [0.29, 0.717) is 19.0 Å². The van der Waals surface area contributed by atoms with E-state index in [9.17, 15) is 8.42 Å². The molecule has 1 aromatic heterocycles. The van der Waals surface area contributed by atoms with E-state index in [-0.39, 0.29) is 16.9 Å². The maximum Gasteiger partial charge on any atom is 0.244 e. The van der Waals surface area contributed by atoms with Gasteiger partial charge in [0.15, 0.2) is 0 Å². The minimum absolute atomic E-state index is 0.148. The second kappa shape index (κ2) is 6.51. The van der Waals surface area contributed by atoms with E-state index in [1.54, 1.807) is 25.4 Å². The van der Waals surface area contributed by atoms with Gasteiger partial charge >= 0.3 is 0 Å². The average Bonchev–Trinajstić information content (AvgIpc) is 2.92. The molecule has 1 aliphatic rings. The van der Waals surface area contributed by atoms with Crippen LogP contribution in [0.3, 0.4) is 0 Å². The van der Waals surface area contributed by atoms with Gasteiger partial charge in [0.1, 0.15) is 10.7 Å². The molecule has 0 aromatic carbocycles. The van der Waals surface area contributed by atoms with Crippen LogP contribution in [-0.4, -0.2) is 39.7 Å². The first-order valence-electron chi connectivity index (χ1n) is 6.82. The summed E-state index contributed by atoms with van der Waals surface area (Å²) < 4.78 is 32.9. The van der Waals surface area contributed by atoms with E-state index in [2.05, 4.69) is 21.9 Å². The van der Waals surface area contributed by atoms with E-state index in [1.807, 2.05) is 0 Å². The number of ether oxygens (including phenoxy) is 1. The lowest BCUT2D eigenvalue weighted by atomic mass is 10.0. The summed E-state index contributed by atoms with van der Waals surface area (Å²) in [4.78, 5) is 4.19. The van der Waals surface area contributed by atoms with Gasteiger partial charge in [-0.25, -0.2) is 18.1 Å². The van der Waals surface area contributed by atoms with Crippen LogP contribution in [0.25, 0.3) is 0 Å². The Labute approximate surface area is 120 Å². The quantitative estimate of drug-likeness (QED) is 0.825. The molecular weight excluding hydrogens is 278 g/mol. The largest absolute Gasteiger partial charge is 0.378 e. The molecule has 20 heavy (non-hydrogen) atoms. The van der Waals surface area contributed by atoms with Gasteiger partial charge in [0, 0.05) is 32.3 Å². The fourth-order valence-electron chi connectivity index (χ4n) is 2.47. The highest BCUT2D eigenvalue weighted by Crippen LogP contribution is 2.24. The maximum atomic E-state index is 12.3. The molecule has 2 N–H and O–H groups in total. The molecule has 1 aromatic rings. The molecule has 0 saturated carbocycles. The number of aromatic nitrogens is 1. The Morgan fingerprint density at radius 1 is 1.50 bits per heavy atom. The molecule has 112 valence electrons. The van der Waals surface area contributed by atoms with Gasteiger partial charge < -0.3 is 10.1 Å². The van der Waals surface area contributed by atoms with Crippen LogP contribution < -0.4 is 10.0 Å². The monoisotopic (exact) mass is 299 g/mol. The van der Waals surface area contributed by atoms with Crippen molar-refractivity contribution < 1.29 is 13.2 Å². The van der Waals surface area contributed by atoms with Crippen LogP contribution in [0, 0.1) is 5.92 Å². The predicted molar refractivity (Wildman–Crippen MR) is 77.1 cm³/mol. The Balaban J connectivity index is 2.08. The summed E-state index contributed by atoms with van der Waals surface area (Å²) in [5, 5.41) is 2.79. The number of nitrogens with zero attached hydrogens (tertiary/aromatic N) is 1. The third-order valence-corrected chi connectivity index (χ3v) is 5.04. The van der Waals surface area contributed by atoms with E-state index in [1.165, 1.54) is 0 Å². The smallest absolute Gasteiger partial charge is 0.244 e. The number of sulfonamides is 1. The van der Waals surface area contributed by atoms with Gasteiger partial charge in [-0.15, -0.1) is 0 Å². The highest BCUT2D eigenvalue weighted by atomic mass is 32.2. The third-order valence-electron chi connectivity index (χ3n) is 3.58. The zero-order valence-corrected chi connectivity index (χ0v) is 12.6. The normalized spacial score (nSPS) is 22.9. The zero-order valence-electron chi connectivity index (χ0n) is 11.8. The standard InChI is InChI=1S/C13H21N3O3S/c1-3-11-10(6-8-19-11)9-16-20(17,18)12-5-4-7-15-13(12)14-2/h4-5,7,10-11,16H,3,6,8-9H2,1-2H3,(H,14,15). The van der Waals surface area contributed by atoms with Crippen molar-refractivity contribution in [3.8, 4) is 0 Å². The van der Waals surface area contributed by atoms with Crippen molar-refractivity contribution in [3.63, 3.8) is 0 Å². The van der Waals surface area contributed by atoms with Crippen molar-refractivity contribution in [1.29, 1.82) is 0 Å². The minimum atomic E-state index is -3.55. The van der Waals surface area contributed by atoms with E-state index >= 15 is 0 Å². The Morgan fingerprint density at radius 3 is 3.00 bits per heavy atom. The number of hydrogen-bond donors (Lipinski definition) is 2. The first kappa shape index (κ1) is 15.2. The summed E-state index contributed by atoms with van der Waals surface area (Å²) in [6, 6.07) is 3.16. The SMILES string of the molecule is CCC1OCCC1CNS(=O)(=O)c1cccnc1NC. The summed E-state index contributed by atoms with van der Waals surface area (Å²) in [5.41, 5.74) is 0. The summed E-state index contributed by atoms with van der Waals surface area (Å²) in [6.07, 6.45) is 3.51.